The number of rotatable bonds is 4. The number of halogens is 5. The Morgan fingerprint density at radius 3 is 2.38 bits per heavy atom. The highest BCUT2D eigenvalue weighted by atomic mass is 35.5. The standard InChI is InChI=1S/C12H12Cl2F3NO2S/c1-3-21-7-5-4-6(8(13)9(7)14)18-10(19)11(2,20)12(15,16)17/h4-5,20H,3H2,1-2H3,(H,18,19). The molecule has 1 aromatic carbocycles. The molecule has 0 bridgehead atoms. The van der Waals surface area contributed by atoms with Crippen molar-refractivity contribution in [3.63, 3.8) is 0 Å². The summed E-state index contributed by atoms with van der Waals surface area (Å²) in [5, 5.41) is 11.2. The summed E-state index contributed by atoms with van der Waals surface area (Å²) >= 11 is 13.3. The molecule has 1 rings (SSSR count). The van der Waals surface area contributed by atoms with Crippen molar-refractivity contribution in [3.8, 4) is 0 Å². The van der Waals surface area contributed by atoms with Crippen LogP contribution in [0.4, 0.5) is 18.9 Å². The summed E-state index contributed by atoms with van der Waals surface area (Å²) in [6.07, 6.45) is -5.11. The van der Waals surface area contributed by atoms with E-state index in [2.05, 4.69) is 0 Å². The number of carbonyl (C=O) groups is 1. The van der Waals surface area contributed by atoms with Crippen molar-refractivity contribution in [2.45, 2.75) is 30.5 Å². The Morgan fingerprint density at radius 2 is 1.90 bits per heavy atom. The Bertz CT molecular complexity index is 550. The number of thioether (sulfide) groups is 1. The second-order valence-electron chi connectivity index (χ2n) is 4.20. The maximum atomic E-state index is 12.6. The van der Waals surface area contributed by atoms with Crippen LogP contribution in [0.5, 0.6) is 0 Å². The van der Waals surface area contributed by atoms with Crippen LogP contribution < -0.4 is 5.32 Å². The largest absolute Gasteiger partial charge is 0.426 e. The molecule has 3 nitrogen and oxygen atoms in total. The van der Waals surface area contributed by atoms with E-state index in [1.54, 1.807) is 0 Å². The van der Waals surface area contributed by atoms with Gasteiger partial charge in [-0.05, 0) is 24.8 Å². The minimum absolute atomic E-state index is 0.0820. The Balaban J connectivity index is 3.05. The molecule has 118 valence electrons. The monoisotopic (exact) mass is 361 g/mol. The van der Waals surface area contributed by atoms with Crippen LogP contribution in [0.1, 0.15) is 13.8 Å². The van der Waals surface area contributed by atoms with Crippen molar-refractivity contribution in [2.24, 2.45) is 0 Å². The number of carbonyl (C=O) groups excluding carboxylic acids is 1. The molecule has 0 heterocycles. The quantitative estimate of drug-likeness (QED) is 0.783. The third kappa shape index (κ3) is 3.97. The molecule has 0 saturated carbocycles. The Labute approximate surface area is 133 Å². The molecule has 0 aliphatic rings. The van der Waals surface area contributed by atoms with Gasteiger partial charge in [0.2, 0.25) is 5.60 Å². The summed E-state index contributed by atoms with van der Waals surface area (Å²) < 4.78 is 37.7. The topological polar surface area (TPSA) is 49.3 Å². The molecule has 1 amide bonds. The molecule has 1 unspecified atom stereocenters. The molecule has 0 radical (unpaired) electrons. The van der Waals surface area contributed by atoms with Crippen LogP contribution in [0.25, 0.3) is 0 Å². The number of anilines is 1. The fourth-order valence-electron chi connectivity index (χ4n) is 1.27. The molecule has 9 heteroatoms. The van der Waals surface area contributed by atoms with E-state index in [4.69, 9.17) is 23.2 Å². The van der Waals surface area contributed by atoms with Gasteiger partial charge in [-0.15, -0.1) is 11.8 Å². The highest BCUT2D eigenvalue weighted by molar-refractivity contribution is 7.99. The molecule has 0 aliphatic heterocycles. The molecule has 0 fully saturated rings. The zero-order valence-electron chi connectivity index (χ0n) is 11.0. The van der Waals surface area contributed by atoms with Gasteiger partial charge in [0.1, 0.15) is 0 Å². The normalized spacial score (nSPS) is 14.7. The first kappa shape index (κ1) is 18.4. The van der Waals surface area contributed by atoms with Crippen molar-refractivity contribution in [1.29, 1.82) is 0 Å². The third-order valence-corrected chi connectivity index (χ3v) is 4.52. The predicted octanol–water partition coefficient (Wildman–Crippen LogP) is 4.36. The first-order valence-electron chi connectivity index (χ1n) is 5.73. The van der Waals surface area contributed by atoms with Gasteiger partial charge < -0.3 is 10.4 Å². The maximum Gasteiger partial charge on any atom is 0.426 e. The lowest BCUT2D eigenvalue weighted by molar-refractivity contribution is -0.242. The van der Waals surface area contributed by atoms with Gasteiger partial charge in [-0.3, -0.25) is 4.79 Å². The van der Waals surface area contributed by atoms with Gasteiger partial charge in [0, 0.05) is 4.90 Å². The summed E-state index contributed by atoms with van der Waals surface area (Å²) in [5.74, 6) is -0.909. The molecule has 0 aromatic heterocycles. The summed E-state index contributed by atoms with van der Waals surface area (Å²) in [5.41, 5.74) is -3.63. The van der Waals surface area contributed by atoms with Gasteiger partial charge >= 0.3 is 6.18 Å². The lowest BCUT2D eigenvalue weighted by Crippen LogP contribution is -2.52. The zero-order chi connectivity index (χ0) is 16.4. The van der Waals surface area contributed by atoms with Crippen molar-refractivity contribution < 1.29 is 23.1 Å². The van der Waals surface area contributed by atoms with Gasteiger partial charge in [-0.1, -0.05) is 30.1 Å². The van der Waals surface area contributed by atoms with Gasteiger partial charge in [0.05, 0.1) is 15.7 Å². The van der Waals surface area contributed by atoms with Crippen LogP contribution in [-0.2, 0) is 4.79 Å². The average molecular weight is 362 g/mol. The second kappa shape index (κ2) is 6.64. The lowest BCUT2D eigenvalue weighted by Gasteiger charge is -2.25. The number of alkyl halides is 3. The van der Waals surface area contributed by atoms with E-state index >= 15 is 0 Å². The van der Waals surface area contributed by atoms with Crippen LogP contribution in [-0.4, -0.2) is 28.5 Å². The van der Waals surface area contributed by atoms with Crippen LogP contribution >= 0.6 is 35.0 Å². The summed E-state index contributed by atoms with van der Waals surface area (Å²) in [4.78, 5) is 12.2. The van der Waals surface area contributed by atoms with Crippen molar-refractivity contribution in [2.75, 3.05) is 11.1 Å². The summed E-state index contributed by atoms with van der Waals surface area (Å²) in [7, 11) is 0. The lowest BCUT2D eigenvalue weighted by atomic mass is 10.1. The van der Waals surface area contributed by atoms with Crippen LogP contribution in [0.3, 0.4) is 0 Å². The first-order valence-corrected chi connectivity index (χ1v) is 7.47. The molecule has 2 N–H and O–H groups in total. The van der Waals surface area contributed by atoms with Gasteiger partial charge in [0.25, 0.3) is 5.91 Å². The molecule has 21 heavy (non-hydrogen) atoms. The Morgan fingerprint density at radius 1 is 1.33 bits per heavy atom. The van der Waals surface area contributed by atoms with E-state index in [1.807, 2.05) is 12.2 Å². The maximum absolute atomic E-state index is 12.6. The molecule has 0 spiro atoms. The van der Waals surface area contributed by atoms with E-state index in [-0.39, 0.29) is 15.7 Å². The van der Waals surface area contributed by atoms with E-state index in [9.17, 15) is 23.1 Å². The zero-order valence-corrected chi connectivity index (χ0v) is 13.3. The Hall–Kier alpha value is -0.630. The van der Waals surface area contributed by atoms with E-state index in [0.29, 0.717) is 11.8 Å². The highest BCUT2D eigenvalue weighted by Crippen LogP contribution is 2.39. The highest BCUT2D eigenvalue weighted by Gasteiger charge is 2.55. The number of aliphatic hydroxyl groups is 1. The van der Waals surface area contributed by atoms with Crippen LogP contribution in [0.15, 0.2) is 17.0 Å². The fourth-order valence-corrected chi connectivity index (χ4v) is 2.57. The van der Waals surface area contributed by atoms with Gasteiger partial charge in [-0.2, -0.15) is 13.2 Å². The SMILES string of the molecule is CCSc1ccc(NC(=O)C(C)(O)C(F)(F)F)c(Cl)c1Cl. The van der Waals surface area contributed by atoms with Crippen LogP contribution in [0, 0.1) is 0 Å². The van der Waals surface area contributed by atoms with Crippen molar-refractivity contribution in [3.05, 3.63) is 22.2 Å². The minimum atomic E-state index is -5.11. The van der Waals surface area contributed by atoms with Gasteiger partial charge in [0.15, 0.2) is 0 Å². The van der Waals surface area contributed by atoms with Crippen molar-refractivity contribution >= 4 is 46.6 Å². The number of amides is 1. The molecular weight excluding hydrogens is 350 g/mol. The average Bonchev–Trinajstić information content (AvgIpc) is 2.37. The number of hydrogen-bond acceptors (Lipinski definition) is 3. The molecule has 1 aromatic rings. The number of nitrogens with one attached hydrogen (secondary N) is 1. The van der Waals surface area contributed by atoms with Crippen LogP contribution in [0.2, 0.25) is 10.0 Å². The fraction of sp³-hybridized carbons (Fsp3) is 0.417. The van der Waals surface area contributed by atoms with Gasteiger partial charge in [-0.25, -0.2) is 0 Å². The number of hydrogen-bond donors (Lipinski definition) is 2. The smallest absolute Gasteiger partial charge is 0.373 e. The summed E-state index contributed by atoms with van der Waals surface area (Å²) in [6, 6.07) is 2.86. The number of benzene rings is 1. The summed E-state index contributed by atoms with van der Waals surface area (Å²) in [6.45, 7) is 2.25. The van der Waals surface area contributed by atoms with E-state index in [0.717, 1.165) is 5.75 Å². The second-order valence-corrected chi connectivity index (χ2v) is 6.26. The van der Waals surface area contributed by atoms with Crippen molar-refractivity contribution in [1.82, 2.24) is 0 Å². The third-order valence-electron chi connectivity index (χ3n) is 2.59. The molecule has 0 aliphatic carbocycles. The van der Waals surface area contributed by atoms with E-state index in [1.165, 1.54) is 23.9 Å². The minimum Gasteiger partial charge on any atom is -0.373 e. The molecule has 0 saturated heterocycles. The first-order chi connectivity index (χ1) is 9.52. The Kier molecular flexibility index (Phi) is 5.83. The van der Waals surface area contributed by atoms with E-state index < -0.39 is 17.7 Å². The molecule has 1 atom stereocenters. The molecular formula is C12H12Cl2F3NO2S. The predicted molar refractivity (Wildman–Crippen MR) is 78.2 cm³/mol.